The van der Waals surface area contributed by atoms with Crippen LogP contribution < -0.4 is 5.32 Å². The third-order valence-electron chi connectivity index (χ3n) is 3.54. The molecule has 1 aromatic heterocycles. The van der Waals surface area contributed by atoms with Gasteiger partial charge in [-0.2, -0.15) is 0 Å². The van der Waals surface area contributed by atoms with Gasteiger partial charge in [-0.15, -0.1) is 10.2 Å². The zero-order valence-electron chi connectivity index (χ0n) is 11.4. The predicted octanol–water partition coefficient (Wildman–Crippen LogP) is 1.54. The maximum atomic E-state index is 12.0. The Hall–Kier alpha value is -1.08. The maximum Gasteiger partial charge on any atom is 0.326 e. The van der Waals surface area contributed by atoms with Crippen molar-refractivity contribution < 1.29 is 13.9 Å². The molecule has 1 aliphatic rings. The summed E-state index contributed by atoms with van der Waals surface area (Å²) in [5.41, 5.74) is -0.584. The van der Waals surface area contributed by atoms with Gasteiger partial charge in [-0.05, 0) is 32.7 Å². The summed E-state index contributed by atoms with van der Waals surface area (Å²) in [6, 6.07) is 0. The van der Waals surface area contributed by atoms with Gasteiger partial charge in [-0.25, -0.2) is 0 Å². The SMILES string of the molecule is CNC1(C(=O)OC)CCCC(Sc2nnc(C)o2)C1. The molecule has 7 heteroatoms. The van der Waals surface area contributed by atoms with Gasteiger partial charge in [0.25, 0.3) is 5.22 Å². The minimum absolute atomic E-state index is 0.193. The summed E-state index contributed by atoms with van der Waals surface area (Å²) in [5.74, 6) is 0.369. The first-order valence-corrected chi connectivity index (χ1v) is 7.22. The second-order valence-electron chi connectivity index (χ2n) is 4.75. The van der Waals surface area contributed by atoms with E-state index in [9.17, 15) is 4.79 Å². The van der Waals surface area contributed by atoms with Gasteiger partial charge >= 0.3 is 5.97 Å². The Morgan fingerprint density at radius 2 is 2.37 bits per heavy atom. The molecule has 0 saturated heterocycles. The highest BCUT2D eigenvalue weighted by atomic mass is 32.2. The Labute approximate surface area is 116 Å². The van der Waals surface area contributed by atoms with Crippen LogP contribution in [-0.2, 0) is 9.53 Å². The van der Waals surface area contributed by atoms with E-state index in [1.807, 2.05) is 0 Å². The smallest absolute Gasteiger partial charge is 0.326 e. The van der Waals surface area contributed by atoms with Crippen molar-refractivity contribution in [3.63, 3.8) is 0 Å². The fourth-order valence-electron chi connectivity index (χ4n) is 2.50. The van der Waals surface area contributed by atoms with Gasteiger partial charge < -0.3 is 14.5 Å². The quantitative estimate of drug-likeness (QED) is 0.841. The average Bonchev–Trinajstić information content (AvgIpc) is 2.83. The van der Waals surface area contributed by atoms with E-state index in [4.69, 9.17) is 9.15 Å². The molecule has 6 nitrogen and oxygen atoms in total. The van der Waals surface area contributed by atoms with Crippen LogP contribution in [0.15, 0.2) is 9.64 Å². The zero-order valence-corrected chi connectivity index (χ0v) is 12.2. The Morgan fingerprint density at radius 3 is 2.95 bits per heavy atom. The van der Waals surface area contributed by atoms with Crippen LogP contribution in [0, 0.1) is 6.92 Å². The van der Waals surface area contributed by atoms with Gasteiger partial charge in [0.15, 0.2) is 0 Å². The summed E-state index contributed by atoms with van der Waals surface area (Å²) in [7, 11) is 3.24. The number of esters is 1. The largest absolute Gasteiger partial charge is 0.468 e. The molecule has 2 atom stereocenters. The molecule has 1 aromatic rings. The first-order valence-electron chi connectivity index (χ1n) is 6.34. The van der Waals surface area contributed by atoms with Crippen molar-refractivity contribution in [2.45, 2.75) is 48.6 Å². The van der Waals surface area contributed by atoms with E-state index >= 15 is 0 Å². The lowest BCUT2D eigenvalue weighted by atomic mass is 9.81. The minimum Gasteiger partial charge on any atom is -0.468 e. The molecule has 0 aromatic carbocycles. The highest BCUT2D eigenvalue weighted by Crippen LogP contribution is 2.38. The number of carbonyl (C=O) groups excluding carboxylic acids is 1. The molecule has 0 aliphatic heterocycles. The number of ether oxygens (including phenoxy) is 1. The molecular formula is C12H19N3O3S. The maximum absolute atomic E-state index is 12.0. The summed E-state index contributed by atoms with van der Waals surface area (Å²) in [6.07, 6.45) is 3.52. The van der Waals surface area contributed by atoms with Crippen LogP contribution in [-0.4, -0.2) is 41.1 Å². The summed E-state index contributed by atoms with van der Waals surface area (Å²) in [4.78, 5) is 12.0. The van der Waals surface area contributed by atoms with E-state index in [0.717, 1.165) is 19.3 Å². The van der Waals surface area contributed by atoms with Crippen LogP contribution in [0.4, 0.5) is 0 Å². The molecule has 1 aliphatic carbocycles. The number of thioether (sulfide) groups is 1. The molecule has 0 amide bonds. The molecule has 19 heavy (non-hydrogen) atoms. The van der Waals surface area contributed by atoms with Gasteiger partial charge in [-0.3, -0.25) is 4.79 Å². The van der Waals surface area contributed by atoms with Gasteiger partial charge in [0, 0.05) is 12.2 Å². The van der Waals surface area contributed by atoms with E-state index in [-0.39, 0.29) is 11.2 Å². The van der Waals surface area contributed by atoms with Gasteiger partial charge in [0.05, 0.1) is 7.11 Å². The van der Waals surface area contributed by atoms with Gasteiger partial charge in [0.1, 0.15) is 5.54 Å². The van der Waals surface area contributed by atoms with E-state index in [1.165, 1.54) is 7.11 Å². The van der Waals surface area contributed by atoms with E-state index < -0.39 is 5.54 Å². The molecule has 1 fully saturated rings. The summed E-state index contributed by atoms with van der Waals surface area (Å²) in [6.45, 7) is 1.77. The van der Waals surface area contributed by atoms with Crippen LogP contribution in [0.5, 0.6) is 0 Å². The van der Waals surface area contributed by atoms with Crippen LogP contribution in [0.1, 0.15) is 31.6 Å². The number of hydrogen-bond donors (Lipinski definition) is 1. The molecule has 1 saturated carbocycles. The van der Waals surface area contributed by atoms with Crippen LogP contribution in [0.3, 0.4) is 0 Å². The Morgan fingerprint density at radius 1 is 1.58 bits per heavy atom. The monoisotopic (exact) mass is 285 g/mol. The Balaban J connectivity index is 2.05. The summed E-state index contributed by atoms with van der Waals surface area (Å²) < 4.78 is 10.3. The van der Waals surface area contributed by atoms with Crippen molar-refractivity contribution in [2.75, 3.05) is 14.2 Å². The molecule has 0 radical (unpaired) electrons. The molecule has 1 heterocycles. The zero-order chi connectivity index (χ0) is 13.9. The highest BCUT2D eigenvalue weighted by Gasteiger charge is 2.43. The molecule has 0 bridgehead atoms. The van der Waals surface area contributed by atoms with Crippen LogP contribution in [0.25, 0.3) is 0 Å². The van der Waals surface area contributed by atoms with E-state index in [2.05, 4.69) is 15.5 Å². The minimum atomic E-state index is -0.584. The Kier molecular flexibility index (Phi) is 4.46. The van der Waals surface area contributed by atoms with Crippen LogP contribution >= 0.6 is 11.8 Å². The summed E-state index contributed by atoms with van der Waals surface area (Å²) in [5, 5.41) is 11.8. The van der Waals surface area contributed by atoms with Gasteiger partial charge in [-0.1, -0.05) is 11.8 Å². The number of hydrogen-bond acceptors (Lipinski definition) is 7. The fourth-order valence-corrected chi connectivity index (χ4v) is 3.70. The molecule has 2 unspecified atom stereocenters. The van der Waals surface area contributed by atoms with Crippen LogP contribution in [0.2, 0.25) is 0 Å². The normalized spacial score (nSPS) is 27.2. The second kappa shape index (κ2) is 5.92. The third kappa shape index (κ3) is 3.09. The number of nitrogens with one attached hydrogen (secondary N) is 1. The number of nitrogens with zero attached hydrogens (tertiary/aromatic N) is 2. The lowest BCUT2D eigenvalue weighted by Crippen LogP contribution is -2.54. The molecule has 1 N–H and O–H groups in total. The van der Waals surface area contributed by atoms with Crippen molar-refractivity contribution in [1.29, 1.82) is 0 Å². The number of aryl methyl sites for hydroxylation is 1. The molecular weight excluding hydrogens is 266 g/mol. The number of aromatic nitrogens is 2. The van der Waals surface area contributed by atoms with E-state index in [0.29, 0.717) is 17.5 Å². The van der Waals surface area contributed by atoms with E-state index in [1.54, 1.807) is 25.7 Å². The van der Waals surface area contributed by atoms with Crippen molar-refractivity contribution in [3.8, 4) is 0 Å². The van der Waals surface area contributed by atoms with Gasteiger partial charge in [0.2, 0.25) is 5.89 Å². The van der Waals surface area contributed by atoms with Crippen molar-refractivity contribution in [1.82, 2.24) is 15.5 Å². The lowest BCUT2D eigenvalue weighted by molar-refractivity contribution is -0.149. The number of rotatable bonds is 4. The fraction of sp³-hybridized carbons (Fsp3) is 0.750. The van der Waals surface area contributed by atoms with Crippen molar-refractivity contribution >= 4 is 17.7 Å². The standard InChI is InChI=1S/C12H19N3O3S/c1-8-14-15-11(18-8)19-9-5-4-6-12(7-9,13-2)10(16)17-3/h9,13H,4-7H2,1-3H3. The average molecular weight is 285 g/mol. The number of likely N-dealkylation sites (N-methyl/N-ethyl adjacent to an activating group) is 1. The van der Waals surface area contributed by atoms with Crippen molar-refractivity contribution in [3.05, 3.63) is 5.89 Å². The summed E-state index contributed by atoms with van der Waals surface area (Å²) >= 11 is 1.54. The van der Waals surface area contributed by atoms with Crippen molar-refractivity contribution in [2.24, 2.45) is 0 Å². The molecule has 0 spiro atoms. The third-order valence-corrected chi connectivity index (χ3v) is 4.64. The second-order valence-corrected chi connectivity index (χ2v) is 6.00. The molecule has 106 valence electrons. The first kappa shape index (κ1) is 14.3. The lowest BCUT2D eigenvalue weighted by Gasteiger charge is -2.37. The first-order chi connectivity index (χ1) is 9.09. The topological polar surface area (TPSA) is 77.2 Å². The number of methoxy groups -OCH3 is 1. The number of carbonyl (C=O) groups is 1. The predicted molar refractivity (Wildman–Crippen MR) is 71.0 cm³/mol. The Bertz CT molecular complexity index is 451. The highest BCUT2D eigenvalue weighted by molar-refractivity contribution is 7.99. The molecule has 2 rings (SSSR count).